The molecule has 2 rings (SSSR count). The molecule has 0 aliphatic heterocycles. The van der Waals surface area contributed by atoms with Gasteiger partial charge in [0.25, 0.3) is 5.56 Å². The molecule has 2 aromatic rings. The average Bonchev–Trinajstić information content (AvgIpc) is 2.76. The average molecular weight is 230 g/mol. The summed E-state index contributed by atoms with van der Waals surface area (Å²) in [5.41, 5.74) is 0.651. The summed E-state index contributed by atoms with van der Waals surface area (Å²) in [5, 5.41) is 0. The molecule has 0 saturated carbocycles. The number of carbonyl (C=O) groups is 1. The summed E-state index contributed by atoms with van der Waals surface area (Å²) in [5.74, 6) is 0.0374. The second-order valence-corrected chi connectivity index (χ2v) is 3.88. The summed E-state index contributed by atoms with van der Waals surface area (Å²) in [6.07, 6.45) is 3.60. The summed E-state index contributed by atoms with van der Waals surface area (Å²) in [4.78, 5) is 22.8. The third-order valence-electron chi connectivity index (χ3n) is 2.67. The maximum absolute atomic E-state index is 11.5. The Morgan fingerprint density at radius 2 is 1.76 bits per heavy atom. The van der Waals surface area contributed by atoms with Gasteiger partial charge in [-0.25, -0.2) is 0 Å². The molecule has 17 heavy (non-hydrogen) atoms. The van der Waals surface area contributed by atoms with Gasteiger partial charge in [0, 0.05) is 38.5 Å². The number of hydrogen-bond donors (Lipinski definition) is 0. The third-order valence-corrected chi connectivity index (χ3v) is 2.67. The zero-order valence-electron chi connectivity index (χ0n) is 9.67. The Bertz CT molecular complexity index is 581. The lowest BCUT2D eigenvalue weighted by Gasteiger charge is -2.08. The topological polar surface area (TPSA) is 44.0 Å². The van der Waals surface area contributed by atoms with E-state index in [0.717, 1.165) is 0 Å². The van der Waals surface area contributed by atoms with Crippen molar-refractivity contribution in [2.24, 2.45) is 0 Å². The van der Waals surface area contributed by atoms with Crippen molar-refractivity contribution in [3.63, 3.8) is 0 Å². The lowest BCUT2D eigenvalue weighted by Crippen LogP contribution is -2.21. The molecule has 0 fully saturated rings. The highest BCUT2D eigenvalue weighted by Crippen LogP contribution is 2.03. The van der Waals surface area contributed by atoms with E-state index in [-0.39, 0.29) is 11.3 Å². The zero-order chi connectivity index (χ0) is 12.3. The number of hydrogen-bond acceptors (Lipinski definition) is 2. The van der Waals surface area contributed by atoms with Crippen LogP contribution in [-0.4, -0.2) is 14.9 Å². The Morgan fingerprint density at radius 1 is 1.06 bits per heavy atom. The first-order valence-corrected chi connectivity index (χ1v) is 5.50. The second-order valence-electron chi connectivity index (χ2n) is 3.88. The number of ketones is 1. The van der Waals surface area contributed by atoms with Crippen LogP contribution in [0.1, 0.15) is 17.4 Å². The van der Waals surface area contributed by atoms with E-state index in [9.17, 15) is 9.59 Å². The highest BCUT2D eigenvalue weighted by atomic mass is 16.1. The van der Waals surface area contributed by atoms with Gasteiger partial charge in [0.2, 0.25) is 0 Å². The van der Waals surface area contributed by atoms with E-state index in [1.807, 2.05) is 22.9 Å². The molecule has 4 nitrogen and oxygen atoms in total. The SMILES string of the molecule is CC(=O)c1cccn1CCn1ccccc1=O. The second kappa shape index (κ2) is 4.82. The first-order chi connectivity index (χ1) is 8.18. The number of Topliss-reactive ketones (excluding diaryl/α,β-unsaturated/α-hetero) is 1. The van der Waals surface area contributed by atoms with E-state index in [1.54, 1.807) is 29.8 Å². The van der Waals surface area contributed by atoms with Gasteiger partial charge in [-0.05, 0) is 18.2 Å². The predicted molar refractivity (Wildman–Crippen MR) is 65.1 cm³/mol. The molecule has 0 bridgehead atoms. The molecular weight excluding hydrogens is 216 g/mol. The normalized spacial score (nSPS) is 10.4. The van der Waals surface area contributed by atoms with Gasteiger partial charge in [-0.3, -0.25) is 9.59 Å². The quantitative estimate of drug-likeness (QED) is 0.748. The molecule has 2 aromatic heterocycles. The largest absolute Gasteiger partial charge is 0.343 e. The monoisotopic (exact) mass is 230 g/mol. The van der Waals surface area contributed by atoms with Crippen LogP contribution in [0.3, 0.4) is 0 Å². The predicted octanol–water partition coefficient (Wildman–Crippen LogP) is 1.55. The minimum absolute atomic E-state index is 0.0240. The van der Waals surface area contributed by atoms with Gasteiger partial charge in [-0.15, -0.1) is 0 Å². The first kappa shape index (κ1) is 11.4. The number of nitrogens with zero attached hydrogens (tertiary/aromatic N) is 2. The minimum Gasteiger partial charge on any atom is -0.343 e. The summed E-state index contributed by atoms with van der Waals surface area (Å²) in [6, 6.07) is 8.70. The van der Waals surface area contributed by atoms with Crippen LogP contribution in [0.15, 0.2) is 47.5 Å². The van der Waals surface area contributed by atoms with E-state index >= 15 is 0 Å². The smallest absolute Gasteiger partial charge is 0.250 e. The van der Waals surface area contributed by atoms with Gasteiger partial charge < -0.3 is 9.13 Å². The van der Waals surface area contributed by atoms with E-state index in [0.29, 0.717) is 18.8 Å². The molecule has 4 heteroatoms. The van der Waals surface area contributed by atoms with Crippen LogP contribution >= 0.6 is 0 Å². The number of aryl methyl sites for hydroxylation is 2. The molecule has 0 aliphatic carbocycles. The van der Waals surface area contributed by atoms with Crippen molar-refractivity contribution in [1.29, 1.82) is 0 Å². The fraction of sp³-hybridized carbons (Fsp3) is 0.231. The van der Waals surface area contributed by atoms with Crippen molar-refractivity contribution in [2.45, 2.75) is 20.0 Å². The van der Waals surface area contributed by atoms with Crippen LogP contribution in [0, 0.1) is 0 Å². The van der Waals surface area contributed by atoms with Crippen molar-refractivity contribution in [2.75, 3.05) is 0 Å². The van der Waals surface area contributed by atoms with Crippen LogP contribution in [-0.2, 0) is 13.1 Å². The standard InChI is InChI=1S/C13H14N2O2/c1-11(16)12-5-4-8-14(12)9-10-15-7-3-2-6-13(15)17/h2-8H,9-10H2,1H3. The molecule has 0 atom stereocenters. The van der Waals surface area contributed by atoms with Crippen molar-refractivity contribution in [3.05, 3.63) is 58.8 Å². The molecule has 0 amide bonds. The third kappa shape index (κ3) is 2.53. The lowest BCUT2D eigenvalue weighted by molar-refractivity contribution is 0.100. The van der Waals surface area contributed by atoms with Gasteiger partial charge >= 0.3 is 0 Å². The number of aromatic nitrogens is 2. The van der Waals surface area contributed by atoms with Crippen LogP contribution in [0.2, 0.25) is 0 Å². The van der Waals surface area contributed by atoms with Crippen LogP contribution < -0.4 is 5.56 Å². The van der Waals surface area contributed by atoms with Crippen molar-refractivity contribution < 1.29 is 4.79 Å². The van der Waals surface area contributed by atoms with Gasteiger partial charge in [-0.2, -0.15) is 0 Å². The molecule has 0 N–H and O–H groups in total. The Kier molecular flexibility index (Phi) is 3.23. The molecule has 88 valence electrons. The number of carbonyl (C=O) groups excluding carboxylic acids is 1. The highest BCUT2D eigenvalue weighted by molar-refractivity contribution is 5.92. The first-order valence-electron chi connectivity index (χ1n) is 5.50. The lowest BCUT2D eigenvalue weighted by atomic mass is 10.3. The van der Waals surface area contributed by atoms with Crippen LogP contribution in [0.4, 0.5) is 0 Å². The Hall–Kier alpha value is -2.10. The number of pyridine rings is 1. The minimum atomic E-state index is -0.0240. The van der Waals surface area contributed by atoms with Crippen molar-refractivity contribution in [3.8, 4) is 0 Å². The molecule has 2 heterocycles. The van der Waals surface area contributed by atoms with Gasteiger partial charge in [0.1, 0.15) is 0 Å². The Morgan fingerprint density at radius 3 is 2.47 bits per heavy atom. The molecule has 0 saturated heterocycles. The summed E-state index contributed by atoms with van der Waals surface area (Å²) in [6.45, 7) is 2.72. The van der Waals surface area contributed by atoms with Gasteiger partial charge in [0.15, 0.2) is 5.78 Å². The van der Waals surface area contributed by atoms with E-state index in [2.05, 4.69) is 0 Å². The molecule has 0 spiro atoms. The fourth-order valence-corrected chi connectivity index (χ4v) is 1.79. The summed E-state index contributed by atoms with van der Waals surface area (Å²) >= 11 is 0. The molecule has 0 radical (unpaired) electrons. The van der Waals surface area contributed by atoms with Gasteiger partial charge in [-0.1, -0.05) is 6.07 Å². The number of rotatable bonds is 4. The van der Waals surface area contributed by atoms with E-state index in [1.165, 1.54) is 6.07 Å². The fourth-order valence-electron chi connectivity index (χ4n) is 1.79. The molecule has 0 aromatic carbocycles. The zero-order valence-corrected chi connectivity index (χ0v) is 9.67. The summed E-state index contributed by atoms with van der Waals surface area (Å²) in [7, 11) is 0. The summed E-state index contributed by atoms with van der Waals surface area (Å²) < 4.78 is 3.49. The maximum atomic E-state index is 11.5. The Labute approximate surface area is 99.1 Å². The van der Waals surface area contributed by atoms with E-state index < -0.39 is 0 Å². The van der Waals surface area contributed by atoms with Crippen LogP contribution in [0.25, 0.3) is 0 Å². The van der Waals surface area contributed by atoms with Crippen LogP contribution in [0.5, 0.6) is 0 Å². The van der Waals surface area contributed by atoms with E-state index in [4.69, 9.17) is 0 Å². The maximum Gasteiger partial charge on any atom is 0.250 e. The molecule has 0 unspecified atom stereocenters. The Balaban J connectivity index is 2.13. The van der Waals surface area contributed by atoms with Crippen molar-refractivity contribution >= 4 is 5.78 Å². The molecular formula is C13H14N2O2. The van der Waals surface area contributed by atoms with Gasteiger partial charge in [0.05, 0.1) is 5.69 Å². The van der Waals surface area contributed by atoms with Crippen molar-refractivity contribution in [1.82, 2.24) is 9.13 Å². The highest BCUT2D eigenvalue weighted by Gasteiger charge is 2.05. The molecule has 0 aliphatic rings.